The lowest BCUT2D eigenvalue weighted by molar-refractivity contribution is 1.07. The maximum atomic E-state index is 11.5. The number of fused-ring (bicyclic) bond motifs is 1. The molecule has 0 amide bonds. The van der Waals surface area contributed by atoms with E-state index < -0.39 is 5.69 Å². The van der Waals surface area contributed by atoms with Gasteiger partial charge in [0.1, 0.15) is 0 Å². The molecule has 0 aliphatic carbocycles. The molecule has 5 heteroatoms. The number of halogens is 1. The van der Waals surface area contributed by atoms with Crippen molar-refractivity contribution in [3.05, 3.63) is 42.5 Å². The van der Waals surface area contributed by atoms with E-state index in [1.54, 1.807) is 6.07 Å². The summed E-state index contributed by atoms with van der Waals surface area (Å²) in [6, 6.07) is 1.75. The Kier molecular flexibility index (Phi) is 2.26. The van der Waals surface area contributed by atoms with Crippen LogP contribution in [-0.2, 0) is 0 Å². The molecule has 1 aromatic carbocycles. The topological polar surface area (TPSA) is 65.7 Å². The van der Waals surface area contributed by atoms with Gasteiger partial charge in [-0.25, -0.2) is 4.79 Å². The molecule has 0 spiro atoms. The van der Waals surface area contributed by atoms with Crippen LogP contribution in [0.5, 0.6) is 0 Å². The molecule has 2 aromatic rings. The molecule has 0 unspecified atom stereocenters. The minimum absolute atomic E-state index is 0.354. The highest BCUT2D eigenvalue weighted by atomic mass is 79.9. The van der Waals surface area contributed by atoms with Crippen molar-refractivity contribution in [2.24, 2.45) is 0 Å². The number of nitrogens with one attached hydrogen (secondary N) is 2. The van der Waals surface area contributed by atoms with Crippen LogP contribution in [0.25, 0.3) is 10.9 Å². The summed E-state index contributed by atoms with van der Waals surface area (Å²) in [5.41, 5.74) is 1.59. The molecule has 15 heavy (non-hydrogen) atoms. The van der Waals surface area contributed by atoms with Crippen molar-refractivity contribution in [2.75, 3.05) is 0 Å². The number of H-pyrrole nitrogens is 2. The second-order valence-corrected chi connectivity index (χ2v) is 4.26. The summed E-state index contributed by atoms with van der Waals surface area (Å²) in [7, 11) is 0. The van der Waals surface area contributed by atoms with E-state index in [9.17, 15) is 9.59 Å². The predicted molar refractivity (Wildman–Crippen MR) is 62.4 cm³/mol. The summed E-state index contributed by atoms with van der Waals surface area (Å²) in [5, 5.41) is 0.507. The zero-order chi connectivity index (χ0) is 11.2. The molecule has 0 fully saturated rings. The SMILES string of the molecule is Cc1cc2c(=O)[nH]c(=O)[nH]c2c(C)c1Br. The van der Waals surface area contributed by atoms with Crippen LogP contribution in [0.15, 0.2) is 20.1 Å². The Bertz CT molecular complexity index is 655. The molecule has 0 radical (unpaired) electrons. The third kappa shape index (κ3) is 1.52. The Morgan fingerprint density at radius 1 is 1.20 bits per heavy atom. The van der Waals surface area contributed by atoms with Crippen LogP contribution in [0.3, 0.4) is 0 Å². The molecule has 0 saturated heterocycles. The molecule has 0 aliphatic rings. The number of aromatic amines is 2. The molecule has 2 rings (SSSR count). The normalized spacial score (nSPS) is 10.9. The fourth-order valence-electron chi connectivity index (χ4n) is 1.61. The van der Waals surface area contributed by atoms with Crippen molar-refractivity contribution >= 4 is 26.8 Å². The van der Waals surface area contributed by atoms with Gasteiger partial charge >= 0.3 is 5.69 Å². The molecule has 0 aliphatic heterocycles. The van der Waals surface area contributed by atoms with Gasteiger partial charge in [-0.3, -0.25) is 9.78 Å². The molecule has 1 heterocycles. The Hall–Kier alpha value is -1.36. The summed E-state index contributed by atoms with van der Waals surface area (Å²) in [4.78, 5) is 27.5. The first-order chi connectivity index (χ1) is 7.00. The van der Waals surface area contributed by atoms with Gasteiger partial charge in [0, 0.05) is 4.47 Å². The Labute approximate surface area is 93.5 Å². The first-order valence-corrected chi connectivity index (χ1v) is 5.22. The van der Waals surface area contributed by atoms with Crippen molar-refractivity contribution in [1.29, 1.82) is 0 Å². The highest BCUT2D eigenvalue weighted by molar-refractivity contribution is 9.10. The Morgan fingerprint density at radius 3 is 2.53 bits per heavy atom. The quantitative estimate of drug-likeness (QED) is 0.762. The van der Waals surface area contributed by atoms with Crippen LogP contribution in [0.2, 0.25) is 0 Å². The molecular formula is C10H9BrN2O2. The fourth-order valence-corrected chi connectivity index (χ4v) is 1.93. The lowest BCUT2D eigenvalue weighted by Gasteiger charge is -2.06. The van der Waals surface area contributed by atoms with E-state index in [1.807, 2.05) is 13.8 Å². The van der Waals surface area contributed by atoms with Gasteiger partial charge in [-0.1, -0.05) is 15.9 Å². The number of aryl methyl sites for hydroxylation is 2. The molecule has 0 atom stereocenters. The van der Waals surface area contributed by atoms with Gasteiger partial charge in [0.15, 0.2) is 0 Å². The van der Waals surface area contributed by atoms with Crippen molar-refractivity contribution in [3.8, 4) is 0 Å². The van der Waals surface area contributed by atoms with Gasteiger partial charge < -0.3 is 4.98 Å². The lowest BCUT2D eigenvalue weighted by Crippen LogP contribution is -2.22. The molecule has 0 bridgehead atoms. The van der Waals surface area contributed by atoms with Gasteiger partial charge in [-0.15, -0.1) is 0 Å². The van der Waals surface area contributed by atoms with Crippen LogP contribution < -0.4 is 11.2 Å². The van der Waals surface area contributed by atoms with Crippen LogP contribution in [0, 0.1) is 13.8 Å². The monoisotopic (exact) mass is 268 g/mol. The minimum Gasteiger partial charge on any atom is -0.307 e. The van der Waals surface area contributed by atoms with E-state index in [4.69, 9.17) is 0 Å². The molecule has 78 valence electrons. The molecular weight excluding hydrogens is 260 g/mol. The van der Waals surface area contributed by atoms with Gasteiger partial charge in [-0.05, 0) is 31.0 Å². The minimum atomic E-state index is -0.480. The number of benzene rings is 1. The molecule has 4 nitrogen and oxygen atoms in total. The first kappa shape index (κ1) is 10.2. The van der Waals surface area contributed by atoms with Gasteiger partial charge in [0.25, 0.3) is 5.56 Å². The maximum Gasteiger partial charge on any atom is 0.326 e. The van der Waals surface area contributed by atoms with Crippen LogP contribution in [0.4, 0.5) is 0 Å². The van der Waals surface area contributed by atoms with Gasteiger partial charge in [0.2, 0.25) is 0 Å². The van der Waals surface area contributed by atoms with Crippen molar-refractivity contribution in [1.82, 2.24) is 9.97 Å². The van der Waals surface area contributed by atoms with Crippen molar-refractivity contribution in [2.45, 2.75) is 13.8 Å². The molecule has 2 N–H and O–H groups in total. The summed E-state index contributed by atoms with van der Waals surface area (Å²) in [6.07, 6.45) is 0. The molecule has 0 saturated carbocycles. The van der Waals surface area contributed by atoms with E-state index >= 15 is 0 Å². The highest BCUT2D eigenvalue weighted by Gasteiger charge is 2.08. The van der Waals surface area contributed by atoms with E-state index in [-0.39, 0.29) is 5.56 Å². The predicted octanol–water partition coefficient (Wildman–Crippen LogP) is 1.60. The third-order valence-corrected chi connectivity index (χ3v) is 3.61. The van der Waals surface area contributed by atoms with Crippen LogP contribution >= 0.6 is 15.9 Å². The Balaban J connectivity index is 3.12. The number of aromatic nitrogens is 2. The second-order valence-electron chi connectivity index (χ2n) is 3.46. The van der Waals surface area contributed by atoms with Crippen LogP contribution in [0.1, 0.15) is 11.1 Å². The zero-order valence-electron chi connectivity index (χ0n) is 8.27. The average Bonchev–Trinajstić information content (AvgIpc) is 2.17. The second kappa shape index (κ2) is 3.34. The summed E-state index contributed by atoms with van der Waals surface area (Å²) in [5.74, 6) is 0. The van der Waals surface area contributed by atoms with E-state index in [0.29, 0.717) is 10.9 Å². The maximum absolute atomic E-state index is 11.5. The summed E-state index contributed by atoms with van der Waals surface area (Å²) in [6.45, 7) is 3.76. The average molecular weight is 269 g/mol. The number of hydrogen-bond donors (Lipinski definition) is 2. The van der Waals surface area contributed by atoms with Crippen LogP contribution in [-0.4, -0.2) is 9.97 Å². The van der Waals surface area contributed by atoms with E-state index in [2.05, 4.69) is 25.9 Å². The lowest BCUT2D eigenvalue weighted by atomic mass is 10.1. The van der Waals surface area contributed by atoms with E-state index in [0.717, 1.165) is 15.6 Å². The van der Waals surface area contributed by atoms with Gasteiger partial charge in [0.05, 0.1) is 10.9 Å². The first-order valence-electron chi connectivity index (χ1n) is 4.42. The van der Waals surface area contributed by atoms with Crippen molar-refractivity contribution in [3.63, 3.8) is 0 Å². The number of hydrogen-bond acceptors (Lipinski definition) is 2. The number of rotatable bonds is 0. The third-order valence-electron chi connectivity index (χ3n) is 2.39. The highest BCUT2D eigenvalue weighted by Crippen LogP contribution is 2.25. The summed E-state index contributed by atoms with van der Waals surface area (Å²) >= 11 is 3.42. The molecule has 1 aromatic heterocycles. The van der Waals surface area contributed by atoms with Gasteiger partial charge in [-0.2, -0.15) is 0 Å². The zero-order valence-corrected chi connectivity index (χ0v) is 9.86. The summed E-state index contributed by atoms with van der Waals surface area (Å²) < 4.78 is 0.913. The Morgan fingerprint density at radius 2 is 1.87 bits per heavy atom. The van der Waals surface area contributed by atoms with Crippen molar-refractivity contribution < 1.29 is 0 Å². The fraction of sp³-hybridized carbons (Fsp3) is 0.200. The smallest absolute Gasteiger partial charge is 0.307 e. The largest absolute Gasteiger partial charge is 0.326 e. The standard InChI is InChI=1S/C10H9BrN2O2/c1-4-3-6-8(5(2)7(4)11)12-10(15)13-9(6)14/h3H,1-2H3,(H2,12,13,14,15). The van der Waals surface area contributed by atoms with E-state index in [1.165, 1.54) is 0 Å².